The topological polar surface area (TPSA) is 48.6 Å². The highest BCUT2D eigenvalue weighted by Crippen LogP contribution is 2.35. The molecule has 0 bridgehead atoms. The average Bonchev–Trinajstić information content (AvgIpc) is 2.78. The number of likely N-dealkylation sites (N-methyl/N-ethyl adjacent to an activating group) is 1. The second-order valence-electron chi connectivity index (χ2n) is 9.32. The number of ether oxygens (including phenoxy) is 1. The fraction of sp³-hybridized carbons (Fsp3) is 1.00. The van der Waals surface area contributed by atoms with Crippen LogP contribution in [0.5, 0.6) is 0 Å². The zero-order valence-corrected chi connectivity index (χ0v) is 19.9. The summed E-state index contributed by atoms with van der Waals surface area (Å²) in [5.74, 6) is 1.73. The molecule has 0 atom stereocenters. The maximum Gasteiger partial charge on any atom is 0.112 e. The molecule has 0 aromatic heterocycles. The van der Waals surface area contributed by atoms with E-state index in [1.807, 2.05) is 0 Å². The van der Waals surface area contributed by atoms with Crippen LogP contribution in [0.15, 0.2) is 0 Å². The van der Waals surface area contributed by atoms with Crippen LogP contribution in [0.2, 0.25) is 0 Å². The largest absolute Gasteiger partial charge is 0.377 e. The first-order valence-electron chi connectivity index (χ1n) is 12.3. The van der Waals surface area contributed by atoms with Gasteiger partial charge in [-0.1, -0.05) is 13.8 Å². The molecule has 5 nitrogen and oxygen atoms in total. The SMILES string of the molecule is CCN(CC)CCOC1CCC(NC2NCC(C3CCC(SC)CC3)CN2)CC1. The van der Waals surface area contributed by atoms with E-state index in [0.29, 0.717) is 18.4 Å². The molecule has 3 N–H and O–H groups in total. The zero-order valence-electron chi connectivity index (χ0n) is 19.1. The lowest BCUT2D eigenvalue weighted by Crippen LogP contribution is -2.63. The molecule has 0 radical (unpaired) electrons. The molecular formula is C23H46N4OS. The van der Waals surface area contributed by atoms with Crippen molar-refractivity contribution < 1.29 is 4.74 Å². The third-order valence-corrected chi connectivity index (χ3v) is 8.76. The van der Waals surface area contributed by atoms with Crippen molar-refractivity contribution in [3.8, 4) is 0 Å². The van der Waals surface area contributed by atoms with Crippen LogP contribution in [0.4, 0.5) is 0 Å². The minimum Gasteiger partial charge on any atom is -0.377 e. The molecule has 0 unspecified atom stereocenters. The second kappa shape index (κ2) is 12.9. The van der Waals surface area contributed by atoms with Crippen LogP contribution < -0.4 is 16.0 Å². The molecule has 29 heavy (non-hydrogen) atoms. The number of hydrogen-bond acceptors (Lipinski definition) is 6. The van der Waals surface area contributed by atoms with E-state index in [0.717, 1.165) is 43.3 Å². The standard InChI is InChI=1S/C23H46N4OS/c1-4-27(5-2)14-15-28-21-10-8-20(9-11-21)26-23-24-16-19(17-25-23)18-6-12-22(29-3)13-7-18/h18-26H,4-17H2,1-3H3. The number of hydrogen-bond donors (Lipinski definition) is 3. The summed E-state index contributed by atoms with van der Waals surface area (Å²) in [7, 11) is 0. The van der Waals surface area contributed by atoms with Gasteiger partial charge < -0.3 is 9.64 Å². The zero-order chi connectivity index (χ0) is 20.5. The Balaban J connectivity index is 1.26. The molecule has 0 aromatic rings. The summed E-state index contributed by atoms with van der Waals surface area (Å²) in [6.07, 6.45) is 13.6. The van der Waals surface area contributed by atoms with Crippen molar-refractivity contribution >= 4 is 11.8 Å². The van der Waals surface area contributed by atoms with Gasteiger partial charge in [0.15, 0.2) is 0 Å². The van der Waals surface area contributed by atoms with Gasteiger partial charge in [0.1, 0.15) is 6.29 Å². The maximum atomic E-state index is 6.15. The lowest BCUT2D eigenvalue weighted by Gasteiger charge is -2.40. The number of rotatable bonds is 10. The van der Waals surface area contributed by atoms with Gasteiger partial charge >= 0.3 is 0 Å². The van der Waals surface area contributed by atoms with Crippen molar-refractivity contribution in [3.63, 3.8) is 0 Å². The first kappa shape index (κ1) is 23.8. The van der Waals surface area contributed by atoms with Gasteiger partial charge in [-0.05, 0) is 82.5 Å². The van der Waals surface area contributed by atoms with E-state index in [4.69, 9.17) is 4.74 Å². The minimum absolute atomic E-state index is 0.291. The van der Waals surface area contributed by atoms with E-state index < -0.39 is 0 Å². The average molecular weight is 427 g/mol. The highest BCUT2D eigenvalue weighted by Gasteiger charge is 2.31. The Kier molecular flexibility index (Phi) is 10.6. The smallest absolute Gasteiger partial charge is 0.112 e. The Hall–Kier alpha value is 0.150. The molecule has 3 aliphatic rings. The van der Waals surface area contributed by atoms with E-state index in [9.17, 15) is 0 Å². The Morgan fingerprint density at radius 2 is 1.55 bits per heavy atom. The van der Waals surface area contributed by atoms with Gasteiger partial charge in [-0.3, -0.25) is 16.0 Å². The molecular weight excluding hydrogens is 380 g/mol. The van der Waals surface area contributed by atoms with Gasteiger partial charge in [0, 0.05) is 30.9 Å². The Morgan fingerprint density at radius 1 is 0.897 bits per heavy atom. The molecule has 0 amide bonds. The first-order valence-corrected chi connectivity index (χ1v) is 13.6. The third-order valence-electron chi connectivity index (χ3n) is 7.62. The lowest BCUT2D eigenvalue weighted by molar-refractivity contribution is 0.0101. The van der Waals surface area contributed by atoms with Gasteiger partial charge in [0.25, 0.3) is 0 Å². The fourth-order valence-electron chi connectivity index (χ4n) is 5.45. The molecule has 1 aliphatic heterocycles. The number of thioether (sulfide) groups is 1. The quantitative estimate of drug-likeness (QED) is 0.498. The molecule has 3 rings (SSSR count). The van der Waals surface area contributed by atoms with Gasteiger partial charge in [-0.15, -0.1) is 0 Å². The second-order valence-corrected chi connectivity index (χ2v) is 10.5. The summed E-state index contributed by atoms with van der Waals surface area (Å²) in [6, 6.07) is 0.621. The maximum absolute atomic E-state index is 6.15. The van der Waals surface area contributed by atoms with Crippen molar-refractivity contribution in [1.82, 2.24) is 20.9 Å². The molecule has 1 saturated heterocycles. The van der Waals surface area contributed by atoms with Crippen LogP contribution in [0.25, 0.3) is 0 Å². The lowest BCUT2D eigenvalue weighted by atomic mass is 9.79. The van der Waals surface area contributed by atoms with Crippen LogP contribution in [0.3, 0.4) is 0 Å². The number of nitrogens with one attached hydrogen (secondary N) is 3. The monoisotopic (exact) mass is 426 g/mol. The first-order chi connectivity index (χ1) is 14.2. The van der Waals surface area contributed by atoms with Crippen molar-refractivity contribution in [2.24, 2.45) is 11.8 Å². The van der Waals surface area contributed by atoms with Gasteiger partial charge in [0.2, 0.25) is 0 Å². The van der Waals surface area contributed by atoms with Gasteiger partial charge in [-0.25, -0.2) is 0 Å². The highest BCUT2D eigenvalue weighted by molar-refractivity contribution is 7.99. The normalized spacial score (nSPS) is 36.4. The van der Waals surface area contributed by atoms with E-state index >= 15 is 0 Å². The highest BCUT2D eigenvalue weighted by atomic mass is 32.2. The Labute approximate surface area is 183 Å². The summed E-state index contributed by atoms with van der Waals surface area (Å²) in [5, 5.41) is 12.2. The van der Waals surface area contributed by atoms with Crippen molar-refractivity contribution in [3.05, 3.63) is 0 Å². The van der Waals surface area contributed by atoms with E-state index in [-0.39, 0.29) is 0 Å². The summed E-state index contributed by atoms with van der Waals surface area (Å²) in [5.41, 5.74) is 0. The minimum atomic E-state index is 0.291. The molecule has 1 heterocycles. The van der Waals surface area contributed by atoms with E-state index in [1.54, 1.807) is 0 Å². The summed E-state index contributed by atoms with van der Waals surface area (Å²) >= 11 is 2.07. The van der Waals surface area contributed by atoms with Gasteiger partial charge in [-0.2, -0.15) is 11.8 Å². The molecule has 2 aliphatic carbocycles. The predicted octanol–water partition coefficient (Wildman–Crippen LogP) is 3.26. The number of nitrogens with zero attached hydrogens (tertiary/aromatic N) is 1. The van der Waals surface area contributed by atoms with Crippen LogP contribution in [0, 0.1) is 11.8 Å². The fourth-order valence-corrected chi connectivity index (χ4v) is 6.19. The summed E-state index contributed by atoms with van der Waals surface area (Å²) < 4.78 is 6.15. The Bertz CT molecular complexity index is 427. The molecule has 6 heteroatoms. The Morgan fingerprint density at radius 3 is 2.14 bits per heavy atom. The molecule has 3 fully saturated rings. The molecule has 170 valence electrons. The molecule has 0 aromatic carbocycles. The van der Waals surface area contributed by atoms with Crippen molar-refractivity contribution in [2.75, 3.05) is 45.6 Å². The van der Waals surface area contributed by atoms with Crippen LogP contribution in [0.1, 0.15) is 65.2 Å². The van der Waals surface area contributed by atoms with Crippen LogP contribution in [-0.2, 0) is 4.74 Å². The van der Waals surface area contributed by atoms with Crippen molar-refractivity contribution in [1.29, 1.82) is 0 Å². The van der Waals surface area contributed by atoms with Gasteiger partial charge in [0.05, 0.1) is 12.7 Å². The van der Waals surface area contributed by atoms with Crippen LogP contribution >= 0.6 is 11.8 Å². The predicted molar refractivity (Wildman–Crippen MR) is 125 cm³/mol. The van der Waals surface area contributed by atoms with E-state index in [2.05, 4.69) is 52.7 Å². The molecule has 0 spiro atoms. The van der Waals surface area contributed by atoms with Crippen LogP contribution in [-0.4, -0.2) is 74.2 Å². The van der Waals surface area contributed by atoms with E-state index in [1.165, 1.54) is 64.5 Å². The molecule has 2 saturated carbocycles. The summed E-state index contributed by atoms with van der Waals surface area (Å²) in [6.45, 7) is 11.0. The van der Waals surface area contributed by atoms with Crippen molar-refractivity contribution in [2.45, 2.75) is 88.9 Å². The third kappa shape index (κ3) is 7.65. The summed E-state index contributed by atoms with van der Waals surface area (Å²) in [4.78, 5) is 2.44.